The zero-order valence-corrected chi connectivity index (χ0v) is 12.8. The SMILES string of the molecule is CN(C)c1ccc(C=Cc2nc3ccccc3s2)c(O)c1. The number of aromatic hydroxyl groups is 1. The number of phenolic OH excluding ortho intramolecular Hbond substituents is 1. The van der Waals surface area contributed by atoms with Gasteiger partial charge in [0.05, 0.1) is 10.2 Å². The third-order valence-electron chi connectivity index (χ3n) is 3.25. The Kier molecular flexibility index (Phi) is 3.62. The van der Waals surface area contributed by atoms with E-state index in [1.807, 2.05) is 61.5 Å². The fourth-order valence-electron chi connectivity index (χ4n) is 2.07. The van der Waals surface area contributed by atoms with Crippen LogP contribution in [-0.2, 0) is 0 Å². The Labute approximate surface area is 127 Å². The van der Waals surface area contributed by atoms with Gasteiger partial charge in [-0.3, -0.25) is 0 Å². The second-order valence-electron chi connectivity index (χ2n) is 4.99. The highest BCUT2D eigenvalue weighted by atomic mass is 32.1. The monoisotopic (exact) mass is 296 g/mol. The van der Waals surface area contributed by atoms with Crippen LogP contribution in [0.2, 0.25) is 0 Å². The lowest BCUT2D eigenvalue weighted by Gasteiger charge is -2.13. The van der Waals surface area contributed by atoms with Crippen molar-refractivity contribution < 1.29 is 5.11 Å². The first-order valence-corrected chi connectivity index (χ1v) is 7.49. The molecule has 0 saturated heterocycles. The normalized spacial score (nSPS) is 11.3. The fraction of sp³-hybridized carbons (Fsp3) is 0.118. The van der Waals surface area contributed by atoms with Crippen LogP contribution in [0, 0.1) is 0 Å². The number of phenols is 1. The van der Waals surface area contributed by atoms with Crippen molar-refractivity contribution in [1.29, 1.82) is 0 Å². The summed E-state index contributed by atoms with van der Waals surface area (Å²) in [4.78, 5) is 6.50. The number of benzene rings is 2. The standard InChI is InChI=1S/C17H16N2OS/c1-19(2)13-9-7-12(15(20)11-13)8-10-17-18-14-5-3-4-6-16(14)21-17/h3-11,20H,1-2H3. The van der Waals surface area contributed by atoms with Gasteiger partial charge in [0.15, 0.2) is 0 Å². The van der Waals surface area contributed by atoms with Gasteiger partial charge in [0.1, 0.15) is 10.8 Å². The molecule has 1 heterocycles. The van der Waals surface area contributed by atoms with Gasteiger partial charge < -0.3 is 10.0 Å². The van der Waals surface area contributed by atoms with Crippen LogP contribution in [0.3, 0.4) is 0 Å². The highest BCUT2D eigenvalue weighted by Crippen LogP contribution is 2.27. The van der Waals surface area contributed by atoms with Gasteiger partial charge in [-0.15, -0.1) is 11.3 Å². The van der Waals surface area contributed by atoms with Gasteiger partial charge >= 0.3 is 0 Å². The second kappa shape index (κ2) is 5.58. The number of thiazole rings is 1. The Morgan fingerprint density at radius 1 is 1.10 bits per heavy atom. The van der Waals surface area contributed by atoms with Crippen LogP contribution in [0.4, 0.5) is 5.69 Å². The van der Waals surface area contributed by atoms with Gasteiger partial charge in [-0.2, -0.15) is 0 Å². The van der Waals surface area contributed by atoms with E-state index in [2.05, 4.69) is 11.1 Å². The maximum atomic E-state index is 10.1. The smallest absolute Gasteiger partial charge is 0.124 e. The summed E-state index contributed by atoms with van der Waals surface area (Å²) >= 11 is 1.64. The van der Waals surface area contributed by atoms with Crippen LogP contribution < -0.4 is 4.90 Å². The van der Waals surface area contributed by atoms with Crippen molar-refractivity contribution in [3.05, 3.63) is 53.0 Å². The number of rotatable bonds is 3. The van der Waals surface area contributed by atoms with Gasteiger partial charge in [-0.25, -0.2) is 4.98 Å². The molecule has 3 nitrogen and oxygen atoms in total. The van der Waals surface area contributed by atoms with Crippen LogP contribution in [0.5, 0.6) is 5.75 Å². The molecule has 21 heavy (non-hydrogen) atoms. The molecule has 0 bridgehead atoms. The highest BCUT2D eigenvalue weighted by Gasteiger charge is 2.03. The average Bonchev–Trinajstić information content (AvgIpc) is 2.88. The van der Waals surface area contributed by atoms with E-state index in [0.29, 0.717) is 0 Å². The summed E-state index contributed by atoms with van der Waals surface area (Å²) < 4.78 is 1.17. The zero-order valence-electron chi connectivity index (χ0n) is 11.9. The molecule has 0 spiro atoms. The van der Waals surface area contributed by atoms with Gasteiger partial charge in [0, 0.05) is 31.4 Å². The molecular formula is C17H16N2OS. The van der Waals surface area contributed by atoms with Crippen LogP contribution in [0.15, 0.2) is 42.5 Å². The Morgan fingerprint density at radius 2 is 1.90 bits per heavy atom. The Morgan fingerprint density at radius 3 is 2.62 bits per heavy atom. The molecular weight excluding hydrogens is 280 g/mol. The maximum Gasteiger partial charge on any atom is 0.124 e. The molecule has 0 aliphatic carbocycles. The third-order valence-corrected chi connectivity index (χ3v) is 4.25. The first-order chi connectivity index (χ1) is 10.1. The quantitative estimate of drug-likeness (QED) is 0.785. The van der Waals surface area contributed by atoms with Gasteiger partial charge in [-0.1, -0.05) is 12.1 Å². The number of fused-ring (bicyclic) bond motifs is 1. The lowest BCUT2D eigenvalue weighted by atomic mass is 10.1. The molecule has 3 aromatic rings. The summed E-state index contributed by atoms with van der Waals surface area (Å²) in [5.74, 6) is 0.276. The van der Waals surface area contributed by atoms with E-state index < -0.39 is 0 Å². The first kappa shape index (κ1) is 13.6. The number of anilines is 1. The zero-order chi connectivity index (χ0) is 14.8. The largest absolute Gasteiger partial charge is 0.507 e. The summed E-state index contributed by atoms with van der Waals surface area (Å²) in [6, 6.07) is 13.7. The fourth-order valence-corrected chi connectivity index (χ4v) is 2.94. The molecule has 3 rings (SSSR count). The van der Waals surface area contributed by atoms with E-state index in [0.717, 1.165) is 21.8 Å². The summed E-state index contributed by atoms with van der Waals surface area (Å²) in [6.07, 6.45) is 3.83. The van der Waals surface area contributed by atoms with Crippen molar-refractivity contribution in [2.45, 2.75) is 0 Å². The molecule has 0 fully saturated rings. The van der Waals surface area contributed by atoms with Crippen LogP contribution >= 0.6 is 11.3 Å². The number of aromatic nitrogens is 1. The van der Waals surface area contributed by atoms with Crippen molar-refractivity contribution >= 4 is 39.4 Å². The number of hydrogen-bond acceptors (Lipinski definition) is 4. The lowest BCUT2D eigenvalue weighted by molar-refractivity contribution is 0.474. The Bertz CT molecular complexity index is 772. The third kappa shape index (κ3) is 2.90. The minimum atomic E-state index is 0.276. The predicted molar refractivity (Wildman–Crippen MR) is 91.0 cm³/mol. The second-order valence-corrected chi connectivity index (χ2v) is 6.05. The molecule has 0 aliphatic heterocycles. The average molecular weight is 296 g/mol. The lowest BCUT2D eigenvalue weighted by Crippen LogP contribution is -2.08. The molecule has 0 aliphatic rings. The van der Waals surface area contributed by atoms with Crippen LogP contribution in [0.1, 0.15) is 10.6 Å². The van der Waals surface area contributed by atoms with E-state index in [-0.39, 0.29) is 5.75 Å². The number of hydrogen-bond donors (Lipinski definition) is 1. The summed E-state index contributed by atoms with van der Waals surface area (Å²) in [6.45, 7) is 0. The van der Waals surface area contributed by atoms with Crippen LogP contribution in [-0.4, -0.2) is 24.2 Å². The Hall–Kier alpha value is -2.33. The van der Waals surface area contributed by atoms with Gasteiger partial charge in [0.25, 0.3) is 0 Å². The summed E-state index contributed by atoms with van der Waals surface area (Å²) in [7, 11) is 3.90. The van der Waals surface area contributed by atoms with E-state index in [4.69, 9.17) is 0 Å². The molecule has 0 saturated carbocycles. The highest BCUT2D eigenvalue weighted by molar-refractivity contribution is 7.19. The molecule has 0 amide bonds. The molecule has 0 unspecified atom stereocenters. The van der Waals surface area contributed by atoms with Gasteiger partial charge in [-0.05, 0) is 36.4 Å². The van der Waals surface area contributed by atoms with E-state index >= 15 is 0 Å². The predicted octanol–water partition coefficient (Wildman–Crippen LogP) is 4.24. The Balaban J connectivity index is 1.88. The topological polar surface area (TPSA) is 36.4 Å². The minimum Gasteiger partial charge on any atom is -0.507 e. The molecule has 2 aromatic carbocycles. The number of para-hydroxylation sites is 1. The molecule has 1 N–H and O–H groups in total. The maximum absolute atomic E-state index is 10.1. The molecule has 0 radical (unpaired) electrons. The van der Waals surface area contributed by atoms with Crippen molar-refractivity contribution in [1.82, 2.24) is 4.98 Å². The van der Waals surface area contributed by atoms with E-state index in [9.17, 15) is 5.11 Å². The molecule has 4 heteroatoms. The van der Waals surface area contributed by atoms with E-state index in [1.54, 1.807) is 17.4 Å². The van der Waals surface area contributed by atoms with Crippen molar-refractivity contribution in [3.8, 4) is 5.75 Å². The van der Waals surface area contributed by atoms with Crippen molar-refractivity contribution in [2.24, 2.45) is 0 Å². The first-order valence-electron chi connectivity index (χ1n) is 6.67. The van der Waals surface area contributed by atoms with Crippen molar-refractivity contribution in [3.63, 3.8) is 0 Å². The summed E-state index contributed by atoms with van der Waals surface area (Å²) in [5, 5.41) is 11.0. The molecule has 1 aromatic heterocycles. The molecule has 106 valence electrons. The van der Waals surface area contributed by atoms with Crippen molar-refractivity contribution in [2.75, 3.05) is 19.0 Å². The summed E-state index contributed by atoms with van der Waals surface area (Å²) in [5.41, 5.74) is 2.78. The van der Waals surface area contributed by atoms with Crippen LogP contribution in [0.25, 0.3) is 22.4 Å². The van der Waals surface area contributed by atoms with Gasteiger partial charge in [0.2, 0.25) is 0 Å². The number of nitrogens with zero attached hydrogens (tertiary/aromatic N) is 2. The van der Waals surface area contributed by atoms with E-state index in [1.165, 1.54) is 4.70 Å². The minimum absolute atomic E-state index is 0.276. The molecule has 0 atom stereocenters.